The van der Waals surface area contributed by atoms with Gasteiger partial charge in [-0.1, -0.05) is 17.7 Å². The molecule has 0 radical (unpaired) electrons. The van der Waals surface area contributed by atoms with Gasteiger partial charge in [-0.2, -0.15) is 0 Å². The normalized spacial score (nSPS) is 14.0. The second-order valence-corrected chi connectivity index (χ2v) is 5.29. The van der Waals surface area contributed by atoms with Crippen molar-refractivity contribution in [1.82, 2.24) is 10.2 Å². The van der Waals surface area contributed by atoms with Crippen LogP contribution in [0.2, 0.25) is 0 Å². The number of rotatable bonds is 6. The third-order valence-corrected chi connectivity index (χ3v) is 3.51. The van der Waals surface area contributed by atoms with Crippen molar-refractivity contribution in [1.29, 1.82) is 0 Å². The van der Waals surface area contributed by atoms with Gasteiger partial charge in [0.05, 0.1) is 0 Å². The minimum absolute atomic E-state index is 0.0268. The van der Waals surface area contributed by atoms with Crippen LogP contribution >= 0.6 is 0 Å². The van der Waals surface area contributed by atoms with Gasteiger partial charge in [0.1, 0.15) is 5.75 Å². The first kappa shape index (κ1) is 15.4. The quantitative estimate of drug-likeness (QED) is 0.864. The van der Waals surface area contributed by atoms with E-state index >= 15 is 0 Å². The number of likely N-dealkylation sites (tertiary alicyclic amines) is 1. The van der Waals surface area contributed by atoms with Crippen molar-refractivity contribution in [3.63, 3.8) is 0 Å². The van der Waals surface area contributed by atoms with Crippen molar-refractivity contribution in [2.24, 2.45) is 0 Å². The van der Waals surface area contributed by atoms with Crippen LogP contribution in [-0.4, -0.2) is 43.0 Å². The third kappa shape index (κ3) is 5.10. The van der Waals surface area contributed by atoms with Crippen molar-refractivity contribution in [3.05, 3.63) is 29.8 Å². The van der Waals surface area contributed by atoms with Crippen LogP contribution in [0.15, 0.2) is 24.3 Å². The van der Waals surface area contributed by atoms with E-state index in [1.54, 1.807) is 0 Å². The number of amides is 2. The Balaban J connectivity index is 1.61. The molecule has 5 nitrogen and oxygen atoms in total. The minimum atomic E-state index is -0.204. The first-order valence-electron chi connectivity index (χ1n) is 7.39. The van der Waals surface area contributed by atoms with Gasteiger partial charge in [-0.15, -0.1) is 0 Å². The van der Waals surface area contributed by atoms with E-state index in [0.717, 1.165) is 31.5 Å². The largest absolute Gasteiger partial charge is 0.484 e. The lowest BCUT2D eigenvalue weighted by molar-refractivity contribution is -0.130. The highest BCUT2D eigenvalue weighted by molar-refractivity contribution is 5.80. The highest BCUT2D eigenvalue weighted by Gasteiger charge is 2.17. The van der Waals surface area contributed by atoms with Crippen molar-refractivity contribution < 1.29 is 14.3 Å². The third-order valence-electron chi connectivity index (χ3n) is 3.51. The number of carbonyl (C=O) groups excluding carboxylic acids is 2. The molecule has 0 aliphatic carbocycles. The zero-order valence-electron chi connectivity index (χ0n) is 12.4. The predicted molar refractivity (Wildman–Crippen MR) is 80.1 cm³/mol. The summed E-state index contributed by atoms with van der Waals surface area (Å²) >= 11 is 0. The van der Waals surface area contributed by atoms with Gasteiger partial charge in [-0.05, 0) is 31.9 Å². The second kappa shape index (κ2) is 7.67. The summed E-state index contributed by atoms with van der Waals surface area (Å²) in [5, 5.41) is 2.71. The van der Waals surface area contributed by atoms with E-state index < -0.39 is 0 Å². The average Bonchev–Trinajstić information content (AvgIpc) is 3.01. The van der Waals surface area contributed by atoms with Gasteiger partial charge in [0, 0.05) is 26.1 Å². The molecule has 0 bridgehead atoms. The van der Waals surface area contributed by atoms with Gasteiger partial charge in [-0.3, -0.25) is 9.59 Å². The zero-order valence-corrected chi connectivity index (χ0v) is 12.4. The smallest absolute Gasteiger partial charge is 0.257 e. The van der Waals surface area contributed by atoms with E-state index in [1.165, 1.54) is 0 Å². The number of hydrogen-bond acceptors (Lipinski definition) is 3. The Morgan fingerprint density at radius 3 is 2.52 bits per heavy atom. The number of benzene rings is 1. The molecule has 1 N–H and O–H groups in total. The standard InChI is InChI=1S/C16H22N2O3/c1-13-4-6-14(7-5-13)21-12-15(19)17-9-8-16(20)18-10-2-3-11-18/h4-7H,2-3,8-12H2,1H3,(H,17,19). The first-order valence-corrected chi connectivity index (χ1v) is 7.39. The van der Waals surface area contributed by atoms with Crippen molar-refractivity contribution in [2.45, 2.75) is 26.2 Å². The molecule has 1 aliphatic heterocycles. The van der Waals surface area contributed by atoms with E-state index in [9.17, 15) is 9.59 Å². The Kier molecular flexibility index (Phi) is 5.60. The lowest BCUT2D eigenvalue weighted by atomic mass is 10.2. The van der Waals surface area contributed by atoms with E-state index in [-0.39, 0.29) is 18.4 Å². The highest BCUT2D eigenvalue weighted by atomic mass is 16.5. The van der Waals surface area contributed by atoms with Gasteiger partial charge in [-0.25, -0.2) is 0 Å². The molecule has 1 heterocycles. The molecule has 1 fully saturated rings. The van der Waals surface area contributed by atoms with Crippen LogP contribution in [0.5, 0.6) is 5.75 Å². The fourth-order valence-corrected chi connectivity index (χ4v) is 2.27. The molecule has 21 heavy (non-hydrogen) atoms. The molecule has 2 amide bonds. The summed E-state index contributed by atoms with van der Waals surface area (Å²) in [5.41, 5.74) is 1.15. The summed E-state index contributed by atoms with van der Waals surface area (Å²) in [6.45, 7) is 4.03. The van der Waals surface area contributed by atoms with Crippen LogP contribution < -0.4 is 10.1 Å². The first-order chi connectivity index (χ1) is 10.1. The molecule has 5 heteroatoms. The number of carbonyl (C=O) groups is 2. The molecule has 2 rings (SSSR count). The maximum absolute atomic E-state index is 11.8. The van der Waals surface area contributed by atoms with Gasteiger partial charge >= 0.3 is 0 Å². The fourth-order valence-electron chi connectivity index (χ4n) is 2.27. The van der Waals surface area contributed by atoms with E-state index in [1.807, 2.05) is 36.1 Å². The molecule has 0 saturated carbocycles. The fraction of sp³-hybridized carbons (Fsp3) is 0.500. The molecule has 0 aromatic heterocycles. The molecule has 1 aromatic rings. The van der Waals surface area contributed by atoms with E-state index in [0.29, 0.717) is 18.7 Å². The Hall–Kier alpha value is -2.04. The summed E-state index contributed by atoms with van der Waals surface area (Å²) in [6, 6.07) is 7.53. The van der Waals surface area contributed by atoms with Crippen LogP contribution in [0.1, 0.15) is 24.8 Å². The van der Waals surface area contributed by atoms with Crippen LogP contribution in [-0.2, 0) is 9.59 Å². The van der Waals surface area contributed by atoms with Gasteiger partial charge in [0.15, 0.2) is 6.61 Å². The summed E-state index contributed by atoms with van der Waals surface area (Å²) < 4.78 is 5.37. The molecule has 0 spiro atoms. The van der Waals surface area contributed by atoms with E-state index in [2.05, 4.69) is 5.32 Å². The molecule has 0 atom stereocenters. The molecule has 1 saturated heterocycles. The van der Waals surface area contributed by atoms with Gasteiger partial charge < -0.3 is 15.0 Å². The van der Waals surface area contributed by atoms with Crippen LogP contribution in [0.3, 0.4) is 0 Å². The molecule has 1 aliphatic rings. The molecular weight excluding hydrogens is 268 g/mol. The average molecular weight is 290 g/mol. The number of ether oxygens (including phenoxy) is 1. The predicted octanol–water partition coefficient (Wildman–Crippen LogP) is 1.50. The number of nitrogens with one attached hydrogen (secondary N) is 1. The van der Waals surface area contributed by atoms with Crippen molar-refractivity contribution in [2.75, 3.05) is 26.2 Å². The maximum Gasteiger partial charge on any atom is 0.257 e. The van der Waals surface area contributed by atoms with Crippen LogP contribution in [0, 0.1) is 6.92 Å². The zero-order chi connectivity index (χ0) is 15.1. The Bertz CT molecular complexity index is 479. The van der Waals surface area contributed by atoms with Crippen molar-refractivity contribution in [3.8, 4) is 5.75 Å². The lowest BCUT2D eigenvalue weighted by Crippen LogP contribution is -2.34. The Morgan fingerprint density at radius 1 is 1.19 bits per heavy atom. The van der Waals surface area contributed by atoms with Crippen molar-refractivity contribution >= 4 is 11.8 Å². The number of aryl methyl sites for hydroxylation is 1. The maximum atomic E-state index is 11.8. The summed E-state index contributed by atoms with van der Waals surface area (Å²) in [5.74, 6) is 0.584. The highest BCUT2D eigenvalue weighted by Crippen LogP contribution is 2.11. The number of nitrogens with zero attached hydrogens (tertiary/aromatic N) is 1. The van der Waals surface area contributed by atoms with E-state index in [4.69, 9.17) is 4.74 Å². The van der Waals surface area contributed by atoms with Crippen LogP contribution in [0.25, 0.3) is 0 Å². The lowest BCUT2D eigenvalue weighted by Gasteiger charge is -2.15. The topological polar surface area (TPSA) is 58.6 Å². The summed E-state index contributed by atoms with van der Waals surface area (Å²) in [4.78, 5) is 25.3. The SMILES string of the molecule is Cc1ccc(OCC(=O)NCCC(=O)N2CCCC2)cc1. The molecule has 114 valence electrons. The minimum Gasteiger partial charge on any atom is -0.484 e. The Labute approximate surface area is 125 Å². The van der Waals surface area contributed by atoms with Gasteiger partial charge in [0.25, 0.3) is 5.91 Å². The molecule has 1 aromatic carbocycles. The van der Waals surface area contributed by atoms with Crippen LogP contribution in [0.4, 0.5) is 0 Å². The summed E-state index contributed by atoms with van der Waals surface area (Å²) in [7, 11) is 0. The Morgan fingerprint density at radius 2 is 1.86 bits per heavy atom. The number of hydrogen-bond donors (Lipinski definition) is 1. The monoisotopic (exact) mass is 290 g/mol. The summed E-state index contributed by atoms with van der Waals surface area (Å²) in [6.07, 6.45) is 2.53. The molecule has 0 unspecified atom stereocenters. The second-order valence-electron chi connectivity index (χ2n) is 5.29. The van der Waals surface area contributed by atoms with Gasteiger partial charge in [0.2, 0.25) is 5.91 Å². The molecular formula is C16H22N2O3.